The lowest BCUT2D eigenvalue weighted by atomic mass is 9.90. The second-order valence-electron chi connectivity index (χ2n) is 8.81. The first-order chi connectivity index (χ1) is 16.6. The van der Waals surface area contributed by atoms with Crippen molar-refractivity contribution in [2.45, 2.75) is 50.9 Å². The van der Waals surface area contributed by atoms with Gasteiger partial charge in [-0.1, -0.05) is 66.7 Å². The molecule has 0 unspecified atom stereocenters. The highest BCUT2D eigenvalue weighted by molar-refractivity contribution is 5.67. The Morgan fingerprint density at radius 1 is 1.00 bits per heavy atom. The fraction of sp³-hybridized carbons (Fsp3) is 0.464. The number of aliphatic hydroxyl groups is 2. The first kappa shape index (κ1) is 26.1. The van der Waals surface area contributed by atoms with Gasteiger partial charge in [0.25, 0.3) is 0 Å². The minimum atomic E-state index is -0.902. The highest BCUT2D eigenvalue weighted by Crippen LogP contribution is 2.38. The molecule has 3 rings (SSSR count). The highest BCUT2D eigenvalue weighted by Gasteiger charge is 2.42. The number of aliphatic hydroxyl groups excluding tert-OH is 2. The Kier molecular flexibility index (Phi) is 10.8. The molecule has 184 valence electrons. The van der Waals surface area contributed by atoms with Gasteiger partial charge in [0, 0.05) is 24.9 Å². The van der Waals surface area contributed by atoms with Crippen molar-refractivity contribution in [3.63, 3.8) is 0 Å². The van der Waals surface area contributed by atoms with Crippen LogP contribution in [0.4, 0.5) is 0 Å². The van der Waals surface area contributed by atoms with Crippen LogP contribution in [0.2, 0.25) is 0 Å². The molecule has 0 aromatic heterocycles. The van der Waals surface area contributed by atoms with Crippen LogP contribution in [0.15, 0.2) is 66.7 Å². The van der Waals surface area contributed by atoms with Gasteiger partial charge in [0.1, 0.15) is 0 Å². The lowest BCUT2D eigenvalue weighted by Gasteiger charge is -2.22. The zero-order valence-corrected chi connectivity index (χ0v) is 19.6. The quantitative estimate of drug-likeness (QED) is 0.280. The van der Waals surface area contributed by atoms with Crippen molar-refractivity contribution in [2.24, 2.45) is 11.8 Å². The number of carboxylic acids is 1. The summed E-state index contributed by atoms with van der Waals surface area (Å²) in [4.78, 5) is 11.4. The second-order valence-corrected chi connectivity index (χ2v) is 8.81. The molecule has 1 saturated carbocycles. The minimum absolute atomic E-state index is 0.0352. The van der Waals surface area contributed by atoms with Gasteiger partial charge in [0.2, 0.25) is 0 Å². The van der Waals surface area contributed by atoms with Gasteiger partial charge >= 0.3 is 5.97 Å². The lowest BCUT2D eigenvalue weighted by molar-refractivity contribution is -0.139. The Labute approximate surface area is 201 Å². The molecular weight excluding hydrogens is 432 g/mol. The van der Waals surface area contributed by atoms with Gasteiger partial charge in [0.15, 0.2) is 0 Å². The van der Waals surface area contributed by atoms with Crippen LogP contribution in [0.3, 0.4) is 0 Å². The maximum atomic E-state index is 11.4. The van der Waals surface area contributed by atoms with Crippen molar-refractivity contribution in [1.82, 2.24) is 0 Å². The fourth-order valence-corrected chi connectivity index (χ4v) is 4.54. The summed E-state index contributed by atoms with van der Waals surface area (Å²) in [5, 5.41) is 28.6. The van der Waals surface area contributed by atoms with Gasteiger partial charge < -0.3 is 24.8 Å². The van der Waals surface area contributed by atoms with Gasteiger partial charge in [0.05, 0.1) is 38.4 Å². The van der Waals surface area contributed by atoms with E-state index >= 15 is 0 Å². The predicted octanol–water partition coefficient (Wildman–Crippen LogP) is 4.45. The molecule has 0 bridgehead atoms. The number of benzene rings is 2. The van der Waals surface area contributed by atoms with Crippen molar-refractivity contribution in [3.05, 3.63) is 72.3 Å². The third-order valence-electron chi connectivity index (χ3n) is 6.33. The van der Waals surface area contributed by atoms with Gasteiger partial charge in [-0.05, 0) is 36.0 Å². The van der Waals surface area contributed by atoms with Crippen LogP contribution in [-0.2, 0) is 20.9 Å². The van der Waals surface area contributed by atoms with Crippen molar-refractivity contribution in [3.8, 4) is 11.1 Å². The molecule has 4 atom stereocenters. The van der Waals surface area contributed by atoms with E-state index in [1.807, 2.05) is 36.4 Å². The summed E-state index contributed by atoms with van der Waals surface area (Å²) in [6.07, 6.45) is 6.23. The van der Waals surface area contributed by atoms with E-state index in [1.54, 1.807) is 0 Å². The second kappa shape index (κ2) is 14.0. The number of carbonyl (C=O) groups is 1. The molecule has 0 radical (unpaired) electrons. The number of carboxylic acid groups (broad SMARTS) is 1. The summed E-state index contributed by atoms with van der Waals surface area (Å²) in [6, 6.07) is 18.4. The molecule has 1 aliphatic carbocycles. The van der Waals surface area contributed by atoms with Gasteiger partial charge in [-0.2, -0.15) is 0 Å². The molecule has 0 aliphatic heterocycles. The Bertz CT molecular complexity index is 880. The Morgan fingerprint density at radius 3 is 2.44 bits per heavy atom. The number of rotatable bonds is 14. The number of unbranched alkanes of at least 4 members (excludes halogenated alkanes) is 2. The van der Waals surface area contributed by atoms with Gasteiger partial charge in [-0.25, -0.2) is 0 Å². The van der Waals surface area contributed by atoms with E-state index in [0.717, 1.165) is 36.0 Å². The molecule has 1 fully saturated rings. The number of aliphatic carboxylic acids is 1. The van der Waals surface area contributed by atoms with E-state index in [4.69, 9.17) is 14.6 Å². The molecule has 0 saturated heterocycles. The van der Waals surface area contributed by atoms with Crippen LogP contribution in [-0.4, -0.2) is 53.3 Å². The van der Waals surface area contributed by atoms with E-state index < -0.39 is 12.1 Å². The predicted molar refractivity (Wildman–Crippen MR) is 131 cm³/mol. The van der Waals surface area contributed by atoms with Gasteiger partial charge in [-0.3, -0.25) is 4.79 Å². The van der Waals surface area contributed by atoms with E-state index in [1.165, 1.54) is 0 Å². The van der Waals surface area contributed by atoms with Crippen molar-refractivity contribution in [2.75, 3.05) is 19.8 Å². The number of ether oxygens (including phenoxy) is 2. The molecule has 6 heteroatoms. The Balaban J connectivity index is 1.56. The molecule has 1 aliphatic rings. The van der Waals surface area contributed by atoms with Crippen LogP contribution in [0.25, 0.3) is 11.1 Å². The largest absolute Gasteiger partial charge is 0.481 e. The molecule has 2 aromatic rings. The van der Waals surface area contributed by atoms with E-state index in [-0.39, 0.29) is 31.0 Å². The van der Waals surface area contributed by atoms with Crippen LogP contribution < -0.4 is 0 Å². The summed E-state index contributed by atoms with van der Waals surface area (Å²) in [5.41, 5.74) is 3.35. The molecular formula is C28H36O6. The van der Waals surface area contributed by atoms with Crippen molar-refractivity contribution in [1.29, 1.82) is 0 Å². The molecule has 0 spiro atoms. The summed E-state index contributed by atoms with van der Waals surface area (Å²) in [7, 11) is 0. The number of hydrogen-bond donors (Lipinski definition) is 3. The first-order valence-corrected chi connectivity index (χ1v) is 12.1. The highest BCUT2D eigenvalue weighted by atomic mass is 16.5. The maximum Gasteiger partial charge on any atom is 0.303 e. The summed E-state index contributed by atoms with van der Waals surface area (Å²) in [5.74, 6) is -1.40. The Hall–Kier alpha value is -2.51. The third-order valence-corrected chi connectivity index (χ3v) is 6.33. The van der Waals surface area contributed by atoms with Crippen molar-refractivity contribution < 1.29 is 29.6 Å². The molecule has 0 amide bonds. The summed E-state index contributed by atoms with van der Waals surface area (Å²) < 4.78 is 11.5. The first-order valence-electron chi connectivity index (χ1n) is 12.1. The summed E-state index contributed by atoms with van der Waals surface area (Å²) in [6.45, 7) is 1.43. The number of hydrogen-bond acceptors (Lipinski definition) is 5. The van der Waals surface area contributed by atoms with Crippen LogP contribution in [0.5, 0.6) is 0 Å². The third kappa shape index (κ3) is 8.06. The monoisotopic (exact) mass is 468 g/mol. The molecule has 3 N–H and O–H groups in total. The molecule has 6 nitrogen and oxygen atoms in total. The Morgan fingerprint density at radius 2 is 1.74 bits per heavy atom. The maximum absolute atomic E-state index is 11.4. The summed E-state index contributed by atoms with van der Waals surface area (Å²) >= 11 is 0. The smallest absolute Gasteiger partial charge is 0.303 e. The SMILES string of the molecule is O=C(O)C[C@@H]1[C@@H](C=CCCCCOCCO)[C@H](OCc2ccc(-c3ccccc3)cc2)C[C@@H]1O. The van der Waals surface area contributed by atoms with E-state index in [0.29, 0.717) is 26.2 Å². The van der Waals surface area contributed by atoms with Crippen LogP contribution >= 0.6 is 0 Å². The zero-order valence-electron chi connectivity index (χ0n) is 19.6. The van der Waals surface area contributed by atoms with E-state index in [2.05, 4.69) is 30.3 Å². The average Bonchev–Trinajstić information content (AvgIpc) is 3.14. The molecule has 34 heavy (non-hydrogen) atoms. The minimum Gasteiger partial charge on any atom is -0.481 e. The average molecular weight is 469 g/mol. The van der Waals surface area contributed by atoms with Gasteiger partial charge in [-0.15, -0.1) is 0 Å². The molecule has 0 heterocycles. The molecule has 2 aromatic carbocycles. The topological polar surface area (TPSA) is 96.2 Å². The fourth-order valence-electron chi connectivity index (χ4n) is 4.54. The standard InChI is InChI=1S/C28H36O6/c29-15-17-33-16-7-2-1-6-10-24-25(18-28(31)32)26(30)19-27(24)34-20-21-11-13-23(14-12-21)22-8-4-3-5-9-22/h3-6,8-14,24-27,29-30H,1-2,7,15-20H2,(H,31,32)/t24-,25-,26+,27-/m1/s1. The van der Waals surface area contributed by atoms with Crippen LogP contribution in [0, 0.1) is 11.8 Å². The number of allylic oxidation sites excluding steroid dienone is 1. The normalized spacial score (nSPS) is 22.4. The lowest BCUT2D eigenvalue weighted by Crippen LogP contribution is -2.24. The zero-order chi connectivity index (χ0) is 24.2. The van der Waals surface area contributed by atoms with E-state index in [9.17, 15) is 15.0 Å². The van der Waals surface area contributed by atoms with Crippen LogP contribution in [0.1, 0.15) is 37.7 Å². The van der Waals surface area contributed by atoms with Crippen molar-refractivity contribution >= 4 is 5.97 Å².